The molecule has 2 rings (SSSR count). The van der Waals surface area contributed by atoms with Crippen LogP contribution in [0.2, 0.25) is 0 Å². The van der Waals surface area contributed by atoms with Gasteiger partial charge in [-0.2, -0.15) is 0 Å². The molecule has 0 fully saturated rings. The minimum Gasteiger partial charge on any atom is -0.347 e. The minimum absolute atomic E-state index is 0.615. The topological polar surface area (TPSA) is 66.6 Å². The van der Waals surface area contributed by atoms with E-state index in [1.165, 1.54) is 0 Å². The fourth-order valence-corrected chi connectivity index (χ4v) is 1.75. The molecule has 19 heavy (non-hydrogen) atoms. The lowest BCUT2D eigenvalue weighted by Gasteiger charge is -2.23. The Labute approximate surface area is 112 Å². The third kappa shape index (κ3) is 3.09. The molecule has 6 nitrogen and oxygen atoms in total. The lowest BCUT2D eigenvalue weighted by Crippen LogP contribution is -2.43. The average molecular weight is 258 g/mol. The number of hydrogen-bond acceptors (Lipinski definition) is 4. The van der Waals surface area contributed by atoms with E-state index in [2.05, 4.69) is 32.3 Å². The van der Waals surface area contributed by atoms with Gasteiger partial charge in [0.2, 0.25) is 5.95 Å². The highest BCUT2D eigenvalue weighted by Gasteiger charge is 2.13. The van der Waals surface area contributed by atoms with Gasteiger partial charge in [-0.05, 0) is 6.92 Å². The van der Waals surface area contributed by atoms with Gasteiger partial charge >= 0.3 is 0 Å². The first-order valence-electron chi connectivity index (χ1n) is 6.10. The number of anilines is 1. The molecule has 0 amide bonds. The van der Waals surface area contributed by atoms with Crippen LogP contribution in [0.1, 0.15) is 5.69 Å². The lowest BCUT2D eigenvalue weighted by atomic mass is 10.4. The van der Waals surface area contributed by atoms with Gasteiger partial charge in [0.15, 0.2) is 5.49 Å². The maximum atomic E-state index is 4.44. The van der Waals surface area contributed by atoms with Crippen LogP contribution in [0.4, 0.5) is 5.95 Å². The van der Waals surface area contributed by atoms with Crippen LogP contribution < -0.4 is 16.2 Å². The third-order valence-corrected chi connectivity index (χ3v) is 2.60. The van der Waals surface area contributed by atoms with Crippen molar-refractivity contribution in [1.82, 2.24) is 9.66 Å². The van der Waals surface area contributed by atoms with Crippen molar-refractivity contribution in [3.63, 3.8) is 0 Å². The number of aliphatic imine (C=N–C) groups is 1. The maximum absolute atomic E-state index is 4.44. The number of aromatic nitrogens is 2. The van der Waals surface area contributed by atoms with Crippen LogP contribution in [-0.4, -0.2) is 35.6 Å². The number of fused-ring (bicyclic) bond motifs is 1. The number of aryl methyl sites for hydroxylation is 1. The molecule has 100 valence electrons. The Morgan fingerprint density at radius 1 is 1.58 bits per heavy atom. The van der Waals surface area contributed by atoms with E-state index in [9.17, 15) is 0 Å². The summed E-state index contributed by atoms with van der Waals surface area (Å²) in [5, 5.41) is 3.22. The normalized spacial score (nSPS) is 17.2. The van der Waals surface area contributed by atoms with E-state index < -0.39 is 0 Å². The Morgan fingerprint density at radius 3 is 3.16 bits per heavy atom. The van der Waals surface area contributed by atoms with Crippen molar-refractivity contribution < 1.29 is 0 Å². The molecule has 2 heterocycles. The zero-order valence-electron chi connectivity index (χ0n) is 11.2. The smallest absolute Gasteiger partial charge is 0.224 e. The average Bonchev–Trinajstić information content (AvgIpc) is 2.43. The molecule has 1 aliphatic rings. The SMILES string of the molecule is C=C/C=C/CN=C1CNc2nc(C)cc(=NC)n2N1. The predicted molar refractivity (Wildman–Crippen MR) is 77.9 cm³/mol. The second kappa shape index (κ2) is 5.99. The molecular weight excluding hydrogens is 240 g/mol. The Morgan fingerprint density at radius 2 is 2.42 bits per heavy atom. The first-order chi connectivity index (χ1) is 9.24. The van der Waals surface area contributed by atoms with Crippen molar-refractivity contribution in [2.24, 2.45) is 9.98 Å². The highest BCUT2D eigenvalue weighted by molar-refractivity contribution is 5.94. The van der Waals surface area contributed by atoms with E-state index in [1.54, 1.807) is 17.8 Å². The Kier molecular flexibility index (Phi) is 4.12. The van der Waals surface area contributed by atoms with E-state index in [4.69, 9.17) is 0 Å². The number of allylic oxidation sites excluding steroid dienone is 2. The minimum atomic E-state index is 0.615. The molecule has 0 radical (unpaired) electrons. The van der Waals surface area contributed by atoms with Crippen LogP contribution in [0.15, 0.2) is 40.9 Å². The summed E-state index contributed by atoms with van der Waals surface area (Å²) in [5.41, 5.74) is 4.94. The van der Waals surface area contributed by atoms with E-state index in [0.29, 0.717) is 13.1 Å². The molecular formula is C13H18N6. The molecule has 0 atom stereocenters. The van der Waals surface area contributed by atoms with E-state index in [1.807, 2.05) is 25.1 Å². The summed E-state index contributed by atoms with van der Waals surface area (Å²) in [4.78, 5) is 13.1. The van der Waals surface area contributed by atoms with Gasteiger partial charge in [0.1, 0.15) is 5.84 Å². The molecule has 0 spiro atoms. The van der Waals surface area contributed by atoms with Gasteiger partial charge in [-0.3, -0.25) is 15.4 Å². The van der Waals surface area contributed by atoms with Crippen LogP contribution in [0.25, 0.3) is 0 Å². The van der Waals surface area contributed by atoms with Crippen molar-refractivity contribution in [3.8, 4) is 0 Å². The van der Waals surface area contributed by atoms with Crippen LogP contribution in [0, 0.1) is 6.92 Å². The molecule has 1 aromatic rings. The van der Waals surface area contributed by atoms with Crippen molar-refractivity contribution in [3.05, 3.63) is 42.1 Å². The van der Waals surface area contributed by atoms with Crippen LogP contribution in [-0.2, 0) is 0 Å². The zero-order valence-corrected chi connectivity index (χ0v) is 11.2. The number of nitrogens with zero attached hydrogens (tertiary/aromatic N) is 4. The van der Waals surface area contributed by atoms with Crippen molar-refractivity contribution in [2.45, 2.75) is 6.92 Å². The Hall–Kier alpha value is -2.37. The molecule has 0 unspecified atom stereocenters. The first kappa shape index (κ1) is 13.1. The van der Waals surface area contributed by atoms with Gasteiger partial charge in [0, 0.05) is 18.8 Å². The third-order valence-electron chi connectivity index (χ3n) is 2.60. The Bertz CT molecular complexity index is 594. The molecule has 0 saturated carbocycles. The van der Waals surface area contributed by atoms with Crippen LogP contribution >= 0.6 is 0 Å². The lowest BCUT2D eigenvalue weighted by molar-refractivity contribution is 0.810. The molecule has 6 heteroatoms. The summed E-state index contributed by atoms with van der Waals surface area (Å²) in [6.45, 7) is 6.80. The fraction of sp³-hybridized carbons (Fsp3) is 0.308. The molecule has 0 bridgehead atoms. The van der Waals surface area contributed by atoms with Gasteiger partial charge in [-0.15, -0.1) is 0 Å². The maximum Gasteiger partial charge on any atom is 0.224 e. The number of hydrogen-bond donors (Lipinski definition) is 2. The number of amidine groups is 1. The summed E-state index contributed by atoms with van der Waals surface area (Å²) >= 11 is 0. The molecule has 1 aromatic heterocycles. The second-order valence-electron chi connectivity index (χ2n) is 4.05. The summed E-state index contributed by atoms with van der Waals surface area (Å²) in [7, 11) is 1.75. The second-order valence-corrected chi connectivity index (χ2v) is 4.05. The Balaban J connectivity index is 2.24. The number of rotatable bonds is 3. The molecule has 0 aromatic carbocycles. The fourth-order valence-electron chi connectivity index (χ4n) is 1.75. The van der Waals surface area contributed by atoms with Crippen molar-refractivity contribution in [1.29, 1.82) is 0 Å². The summed E-state index contributed by atoms with van der Waals surface area (Å²) < 4.78 is 1.80. The van der Waals surface area contributed by atoms with Crippen LogP contribution in [0.5, 0.6) is 0 Å². The van der Waals surface area contributed by atoms with Gasteiger partial charge in [-0.25, -0.2) is 9.66 Å². The quantitative estimate of drug-likeness (QED) is 0.789. The largest absolute Gasteiger partial charge is 0.347 e. The molecule has 0 saturated heterocycles. The summed E-state index contributed by atoms with van der Waals surface area (Å²) in [6, 6.07) is 1.92. The van der Waals surface area contributed by atoms with Crippen molar-refractivity contribution in [2.75, 3.05) is 30.9 Å². The van der Waals surface area contributed by atoms with E-state index >= 15 is 0 Å². The van der Waals surface area contributed by atoms with Gasteiger partial charge in [0.05, 0.1) is 13.1 Å². The summed E-state index contributed by atoms with van der Waals surface area (Å²) in [5.74, 6) is 1.60. The molecule has 1 aliphatic heterocycles. The summed E-state index contributed by atoms with van der Waals surface area (Å²) in [6.07, 6.45) is 5.55. The van der Waals surface area contributed by atoms with Crippen LogP contribution in [0.3, 0.4) is 0 Å². The van der Waals surface area contributed by atoms with Gasteiger partial charge in [-0.1, -0.05) is 24.8 Å². The first-order valence-corrected chi connectivity index (χ1v) is 6.10. The molecule has 2 N–H and O–H groups in total. The highest BCUT2D eigenvalue weighted by atomic mass is 15.5. The predicted octanol–water partition coefficient (Wildman–Crippen LogP) is 0.832. The van der Waals surface area contributed by atoms with Gasteiger partial charge < -0.3 is 5.32 Å². The standard InChI is InChI=1S/C13H18N6/c1-4-5-6-7-15-11-9-16-13-17-10(2)8-12(14-3)19(13)18-11/h4-6,8H,1,7,9H2,2-3H3,(H,15,18)(H,16,17)/b6-5+,14-12?. The number of nitrogens with one attached hydrogen (secondary N) is 2. The van der Waals surface area contributed by atoms with Gasteiger partial charge in [0.25, 0.3) is 0 Å². The zero-order chi connectivity index (χ0) is 13.7. The van der Waals surface area contributed by atoms with Crippen molar-refractivity contribution >= 4 is 11.8 Å². The van der Waals surface area contributed by atoms with E-state index in [-0.39, 0.29) is 0 Å². The monoisotopic (exact) mass is 258 g/mol. The molecule has 0 aliphatic carbocycles. The highest BCUT2D eigenvalue weighted by Crippen LogP contribution is 2.04. The van der Waals surface area contributed by atoms with E-state index in [0.717, 1.165) is 23.0 Å².